The Kier molecular flexibility index (Phi) is 4.36. The highest BCUT2D eigenvalue weighted by Crippen LogP contribution is 2.47. The normalized spacial score (nSPS) is 19.8. The van der Waals surface area contributed by atoms with Gasteiger partial charge < -0.3 is 4.74 Å². The molecule has 0 radical (unpaired) electrons. The fourth-order valence-corrected chi connectivity index (χ4v) is 2.93. The molecule has 0 amide bonds. The molecular formula is C21H16F2O2. The maximum atomic E-state index is 13.5. The number of esters is 1. The fraction of sp³-hybridized carbons (Fsp3) is 0.0952. The minimum absolute atomic E-state index is 0.370. The summed E-state index contributed by atoms with van der Waals surface area (Å²) in [5, 5.41) is 0. The molecular weight excluding hydrogens is 322 g/mol. The van der Waals surface area contributed by atoms with Gasteiger partial charge in [-0.3, -0.25) is 0 Å². The van der Waals surface area contributed by atoms with Crippen LogP contribution in [-0.2, 0) is 10.3 Å². The molecule has 2 aromatic rings. The molecule has 0 saturated carbocycles. The lowest BCUT2D eigenvalue weighted by atomic mass is 9.80. The van der Waals surface area contributed by atoms with Crippen LogP contribution in [0.2, 0.25) is 0 Å². The second kappa shape index (κ2) is 6.48. The summed E-state index contributed by atoms with van der Waals surface area (Å²) in [6, 6.07) is 12.6. The van der Waals surface area contributed by atoms with E-state index in [1.54, 1.807) is 31.2 Å². The predicted octanol–water partition coefficient (Wildman–Crippen LogP) is 5.23. The van der Waals surface area contributed by atoms with Gasteiger partial charge in [-0.1, -0.05) is 49.1 Å². The largest absolute Gasteiger partial charge is 0.441 e. The van der Waals surface area contributed by atoms with Crippen molar-refractivity contribution in [3.63, 3.8) is 0 Å². The Hall–Kier alpha value is -3.01. The van der Waals surface area contributed by atoms with Crippen LogP contribution >= 0.6 is 0 Å². The highest BCUT2D eigenvalue weighted by Gasteiger charge is 2.48. The zero-order valence-electron chi connectivity index (χ0n) is 13.6. The first-order valence-corrected chi connectivity index (χ1v) is 7.77. The van der Waals surface area contributed by atoms with E-state index in [-0.39, 0.29) is 0 Å². The second-order valence-corrected chi connectivity index (χ2v) is 5.66. The Balaban J connectivity index is 2.21. The number of benzene rings is 2. The standard InChI is InChI=1S/C21H16F2O2/c1-3-16(22)11-8-14(2)21(15-9-12-17(23)13-10-15)19-7-5-4-6-18(19)20(24)25-21/h3-13H,2H2,1H3/b11-8-,16-3+. The molecule has 0 aliphatic carbocycles. The molecule has 3 rings (SSSR count). The molecule has 25 heavy (non-hydrogen) atoms. The quantitative estimate of drug-likeness (QED) is 0.564. The molecule has 1 atom stereocenters. The van der Waals surface area contributed by atoms with E-state index in [0.717, 1.165) is 0 Å². The molecule has 2 nitrogen and oxygen atoms in total. The van der Waals surface area contributed by atoms with Gasteiger partial charge in [0.2, 0.25) is 0 Å². The van der Waals surface area contributed by atoms with Gasteiger partial charge in [-0.05, 0) is 36.8 Å². The van der Waals surface area contributed by atoms with E-state index in [1.165, 1.54) is 42.5 Å². The maximum absolute atomic E-state index is 13.5. The van der Waals surface area contributed by atoms with E-state index in [0.29, 0.717) is 22.3 Å². The molecule has 4 heteroatoms. The third-order valence-corrected chi connectivity index (χ3v) is 4.19. The van der Waals surface area contributed by atoms with Crippen LogP contribution in [-0.4, -0.2) is 5.97 Å². The zero-order chi connectivity index (χ0) is 18.0. The van der Waals surface area contributed by atoms with Crippen LogP contribution in [0.15, 0.2) is 84.7 Å². The summed E-state index contributed by atoms with van der Waals surface area (Å²) in [5.41, 5.74) is 0.610. The number of carbonyl (C=O) groups is 1. The Labute approximate surface area is 144 Å². The molecule has 1 heterocycles. The van der Waals surface area contributed by atoms with Gasteiger partial charge in [0.15, 0.2) is 5.60 Å². The Bertz CT molecular complexity index is 894. The molecule has 126 valence electrons. The number of carbonyl (C=O) groups excluding carboxylic acids is 1. The van der Waals surface area contributed by atoms with Crippen molar-refractivity contribution in [3.8, 4) is 0 Å². The third-order valence-electron chi connectivity index (χ3n) is 4.19. The van der Waals surface area contributed by atoms with E-state index >= 15 is 0 Å². The van der Waals surface area contributed by atoms with Gasteiger partial charge in [0.25, 0.3) is 0 Å². The highest BCUT2D eigenvalue weighted by molar-refractivity contribution is 5.96. The Morgan fingerprint density at radius 1 is 1.12 bits per heavy atom. The first-order valence-electron chi connectivity index (χ1n) is 7.77. The fourth-order valence-electron chi connectivity index (χ4n) is 2.93. The number of halogens is 2. The number of cyclic esters (lactones) is 1. The summed E-state index contributed by atoms with van der Waals surface area (Å²) >= 11 is 0. The summed E-state index contributed by atoms with van der Waals surface area (Å²) in [4.78, 5) is 12.4. The second-order valence-electron chi connectivity index (χ2n) is 5.66. The summed E-state index contributed by atoms with van der Waals surface area (Å²) in [7, 11) is 0. The zero-order valence-corrected chi connectivity index (χ0v) is 13.6. The summed E-state index contributed by atoms with van der Waals surface area (Å²) in [5.74, 6) is -1.34. The van der Waals surface area contributed by atoms with Crippen molar-refractivity contribution >= 4 is 5.97 Å². The smallest absolute Gasteiger partial charge is 0.340 e. The lowest BCUT2D eigenvalue weighted by Crippen LogP contribution is -2.29. The lowest BCUT2D eigenvalue weighted by molar-refractivity contribution is 0.0250. The minimum atomic E-state index is -1.31. The van der Waals surface area contributed by atoms with Crippen LogP contribution in [0.5, 0.6) is 0 Å². The first kappa shape index (κ1) is 16.8. The van der Waals surface area contributed by atoms with Crippen LogP contribution in [0.1, 0.15) is 28.4 Å². The molecule has 0 bridgehead atoms. The molecule has 0 spiro atoms. The van der Waals surface area contributed by atoms with Gasteiger partial charge in [0, 0.05) is 11.1 Å². The average molecular weight is 338 g/mol. The summed E-state index contributed by atoms with van der Waals surface area (Å²) in [6.07, 6.45) is 4.03. The molecule has 0 fully saturated rings. The van der Waals surface area contributed by atoms with E-state index in [4.69, 9.17) is 4.74 Å². The first-order chi connectivity index (χ1) is 12.0. The molecule has 1 aliphatic heterocycles. The summed E-state index contributed by atoms with van der Waals surface area (Å²) < 4.78 is 32.6. The van der Waals surface area contributed by atoms with Crippen molar-refractivity contribution in [2.45, 2.75) is 12.5 Å². The predicted molar refractivity (Wildman–Crippen MR) is 92.2 cm³/mol. The number of hydrogen-bond donors (Lipinski definition) is 0. The molecule has 1 unspecified atom stereocenters. The van der Waals surface area contributed by atoms with Gasteiger partial charge in [-0.2, -0.15) is 0 Å². The van der Waals surface area contributed by atoms with Crippen LogP contribution in [0.4, 0.5) is 8.78 Å². The van der Waals surface area contributed by atoms with E-state index in [9.17, 15) is 13.6 Å². The molecule has 1 aliphatic rings. The van der Waals surface area contributed by atoms with Crippen molar-refractivity contribution in [1.29, 1.82) is 0 Å². The minimum Gasteiger partial charge on any atom is -0.441 e. The molecule has 2 aromatic carbocycles. The van der Waals surface area contributed by atoms with Crippen molar-refractivity contribution in [2.75, 3.05) is 0 Å². The van der Waals surface area contributed by atoms with Crippen molar-refractivity contribution in [2.24, 2.45) is 0 Å². The number of allylic oxidation sites excluding steroid dienone is 3. The van der Waals surface area contributed by atoms with Gasteiger partial charge in [0.1, 0.15) is 11.6 Å². The maximum Gasteiger partial charge on any atom is 0.340 e. The number of fused-ring (bicyclic) bond motifs is 1. The van der Waals surface area contributed by atoms with Crippen molar-refractivity contribution < 1.29 is 18.3 Å². The number of hydrogen-bond acceptors (Lipinski definition) is 2. The molecule has 0 aromatic heterocycles. The van der Waals surface area contributed by atoms with E-state index < -0.39 is 23.2 Å². The van der Waals surface area contributed by atoms with Crippen LogP contribution in [0.3, 0.4) is 0 Å². The number of rotatable bonds is 4. The van der Waals surface area contributed by atoms with Gasteiger partial charge in [-0.25, -0.2) is 13.6 Å². The lowest BCUT2D eigenvalue weighted by Gasteiger charge is -2.30. The van der Waals surface area contributed by atoms with Gasteiger partial charge in [0.05, 0.1) is 5.56 Å². The van der Waals surface area contributed by atoms with Crippen molar-refractivity contribution in [1.82, 2.24) is 0 Å². The monoisotopic (exact) mass is 338 g/mol. The Morgan fingerprint density at radius 3 is 2.48 bits per heavy atom. The topological polar surface area (TPSA) is 26.3 Å². The van der Waals surface area contributed by atoms with Crippen LogP contribution < -0.4 is 0 Å². The number of ether oxygens (including phenoxy) is 1. The van der Waals surface area contributed by atoms with Crippen molar-refractivity contribution in [3.05, 3.63) is 107 Å². The highest BCUT2D eigenvalue weighted by atomic mass is 19.1. The molecule has 0 N–H and O–H groups in total. The summed E-state index contributed by atoms with van der Waals surface area (Å²) in [6.45, 7) is 5.57. The van der Waals surface area contributed by atoms with Crippen LogP contribution in [0.25, 0.3) is 0 Å². The van der Waals surface area contributed by atoms with Gasteiger partial charge in [-0.15, -0.1) is 0 Å². The third kappa shape index (κ3) is 2.80. The Morgan fingerprint density at radius 2 is 1.80 bits per heavy atom. The SMILES string of the molecule is C=C(/C=C\C(F)=C/C)C1(c2ccc(F)cc2)OC(=O)c2ccccc21. The van der Waals surface area contributed by atoms with Crippen LogP contribution in [0, 0.1) is 5.82 Å². The van der Waals surface area contributed by atoms with E-state index in [1.807, 2.05) is 0 Å². The van der Waals surface area contributed by atoms with Gasteiger partial charge >= 0.3 is 5.97 Å². The molecule has 0 saturated heterocycles. The average Bonchev–Trinajstić information content (AvgIpc) is 2.94. The van der Waals surface area contributed by atoms with E-state index in [2.05, 4.69) is 6.58 Å².